The molecule has 160 valence electrons. The highest BCUT2D eigenvalue weighted by Crippen LogP contribution is 2.17. The van der Waals surface area contributed by atoms with Crippen molar-refractivity contribution >= 4 is 34.5 Å². The van der Waals surface area contributed by atoms with E-state index < -0.39 is 5.91 Å². The van der Waals surface area contributed by atoms with Crippen molar-refractivity contribution in [1.82, 2.24) is 4.57 Å². The van der Waals surface area contributed by atoms with Crippen molar-refractivity contribution in [2.75, 3.05) is 10.6 Å². The van der Waals surface area contributed by atoms with Crippen LogP contribution in [0.15, 0.2) is 89.2 Å². The number of hydrogen-bond acceptors (Lipinski definition) is 4. The minimum atomic E-state index is -0.482. The van der Waals surface area contributed by atoms with Gasteiger partial charge < -0.3 is 15.2 Å². The van der Waals surface area contributed by atoms with Crippen LogP contribution in [0.1, 0.15) is 31.2 Å². The van der Waals surface area contributed by atoms with Crippen molar-refractivity contribution in [3.05, 3.63) is 116 Å². The molecular formula is C25H21N3O3S. The van der Waals surface area contributed by atoms with Crippen LogP contribution in [0.4, 0.5) is 11.4 Å². The fourth-order valence-corrected chi connectivity index (χ4v) is 3.90. The third-order valence-corrected chi connectivity index (χ3v) is 5.71. The van der Waals surface area contributed by atoms with Gasteiger partial charge in [-0.2, -0.15) is 0 Å². The molecule has 0 spiro atoms. The monoisotopic (exact) mass is 443 g/mol. The molecule has 6 nitrogen and oxygen atoms in total. The third kappa shape index (κ3) is 5.01. The van der Waals surface area contributed by atoms with Gasteiger partial charge in [-0.15, -0.1) is 11.3 Å². The number of carbonyl (C=O) groups is 2. The van der Waals surface area contributed by atoms with Gasteiger partial charge in [0, 0.05) is 17.6 Å². The van der Waals surface area contributed by atoms with Crippen LogP contribution in [0.5, 0.6) is 0 Å². The van der Waals surface area contributed by atoms with Crippen LogP contribution in [0.25, 0.3) is 0 Å². The quantitative estimate of drug-likeness (QED) is 0.450. The fourth-order valence-electron chi connectivity index (χ4n) is 3.28. The summed E-state index contributed by atoms with van der Waals surface area (Å²) in [6.07, 6.45) is 1.67. The number of benzene rings is 2. The van der Waals surface area contributed by atoms with Crippen LogP contribution < -0.4 is 16.2 Å². The molecule has 2 heterocycles. The van der Waals surface area contributed by atoms with E-state index in [-0.39, 0.29) is 17.0 Å². The Kier molecular flexibility index (Phi) is 6.28. The molecule has 0 radical (unpaired) electrons. The van der Waals surface area contributed by atoms with Crippen LogP contribution in [0.2, 0.25) is 0 Å². The highest BCUT2D eigenvalue weighted by atomic mass is 32.1. The second kappa shape index (κ2) is 9.45. The first kappa shape index (κ1) is 21.3. The maximum atomic E-state index is 12.8. The average molecular weight is 444 g/mol. The number of nitrogens with zero attached hydrogens (tertiary/aromatic N) is 1. The zero-order chi connectivity index (χ0) is 22.5. The first-order valence-corrected chi connectivity index (χ1v) is 10.9. The Labute approximate surface area is 189 Å². The molecule has 0 atom stereocenters. The molecule has 7 heteroatoms. The van der Waals surface area contributed by atoms with Crippen molar-refractivity contribution in [2.24, 2.45) is 0 Å². The number of aromatic nitrogens is 1. The van der Waals surface area contributed by atoms with E-state index in [9.17, 15) is 14.4 Å². The van der Waals surface area contributed by atoms with Gasteiger partial charge in [-0.3, -0.25) is 14.4 Å². The first-order chi connectivity index (χ1) is 15.5. The Morgan fingerprint density at radius 3 is 2.25 bits per heavy atom. The van der Waals surface area contributed by atoms with Crippen molar-refractivity contribution < 1.29 is 9.59 Å². The number of nitrogens with one attached hydrogen (secondary N) is 2. The number of carbonyl (C=O) groups excluding carboxylic acids is 2. The number of aryl methyl sites for hydroxylation is 1. The van der Waals surface area contributed by atoms with Crippen LogP contribution in [0.3, 0.4) is 0 Å². The lowest BCUT2D eigenvalue weighted by Gasteiger charge is -2.10. The smallest absolute Gasteiger partial charge is 0.265 e. The van der Waals surface area contributed by atoms with Crippen molar-refractivity contribution in [1.29, 1.82) is 0 Å². The van der Waals surface area contributed by atoms with Crippen molar-refractivity contribution in [3.63, 3.8) is 0 Å². The molecule has 0 saturated carbocycles. The van der Waals surface area contributed by atoms with E-state index in [0.717, 1.165) is 11.1 Å². The van der Waals surface area contributed by atoms with Gasteiger partial charge in [-0.25, -0.2) is 0 Å². The lowest BCUT2D eigenvalue weighted by molar-refractivity contribution is 0.101. The molecule has 0 bridgehead atoms. The number of hydrogen-bond donors (Lipinski definition) is 2. The predicted octanol–water partition coefficient (Wildman–Crippen LogP) is 4.77. The van der Waals surface area contributed by atoms with Crippen molar-refractivity contribution in [2.45, 2.75) is 13.5 Å². The zero-order valence-electron chi connectivity index (χ0n) is 17.4. The minimum absolute atomic E-state index is 0.0650. The summed E-state index contributed by atoms with van der Waals surface area (Å²) in [7, 11) is 0. The highest BCUT2D eigenvalue weighted by molar-refractivity contribution is 7.12. The molecule has 2 aromatic carbocycles. The second-order valence-electron chi connectivity index (χ2n) is 7.31. The molecule has 4 rings (SSSR count). The van der Waals surface area contributed by atoms with E-state index in [4.69, 9.17) is 0 Å². The average Bonchev–Trinajstić information content (AvgIpc) is 3.32. The van der Waals surface area contributed by atoms with Gasteiger partial charge in [-0.1, -0.05) is 35.9 Å². The Morgan fingerprint density at radius 1 is 0.875 bits per heavy atom. The molecule has 4 aromatic rings. The maximum Gasteiger partial charge on any atom is 0.265 e. The molecule has 0 aliphatic heterocycles. The Hall–Kier alpha value is -3.97. The lowest BCUT2D eigenvalue weighted by Crippen LogP contribution is -2.29. The van der Waals surface area contributed by atoms with Crippen LogP contribution >= 0.6 is 11.3 Å². The summed E-state index contributed by atoms with van der Waals surface area (Å²) in [5, 5.41) is 7.39. The third-order valence-electron chi connectivity index (χ3n) is 4.85. The Balaban J connectivity index is 1.44. The summed E-state index contributed by atoms with van der Waals surface area (Å²) in [6, 6.07) is 21.4. The second-order valence-corrected chi connectivity index (χ2v) is 8.25. The molecule has 2 N–H and O–H groups in total. The molecule has 0 aliphatic carbocycles. The maximum absolute atomic E-state index is 12.8. The standard InChI is InChI=1S/C25H21N3O3S/c1-17-5-2-6-18(15-17)16-28-13-3-7-21(25(28)31)23(29)26-19-9-11-20(12-10-19)27-24(30)22-8-4-14-32-22/h2-15H,16H2,1H3,(H,26,29)(H,27,30). The first-order valence-electron chi connectivity index (χ1n) is 10.0. The largest absolute Gasteiger partial charge is 0.322 e. The fraction of sp³-hybridized carbons (Fsp3) is 0.0800. The molecule has 32 heavy (non-hydrogen) atoms. The van der Waals surface area contributed by atoms with E-state index in [1.807, 2.05) is 42.6 Å². The Bertz CT molecular complexity index is 1310. The zero-order valence-corrected chi connectivity index (χ0v) is 18.2. The van der Waals surface area contributed by atoms with Gasteiger partial charge in [-0.05, 0) is 60.3 Å². The Morgan fingerprint density at radius 2 is 1.59 bits per heavy atom. The van der Waals surface area contributed by atoms with E-state index in [1.54, 1.807) is 42.6 Å². The van der Waals surface area contributed by atoms with Gasteiger partial charge in [0.2, 0.25) is 0 Å². The van der Waals surface area contributed by atoms with Crippen LogP contribution in [-0.4, -0.2) is 16.4 Å². The van der Waals surface area contributed by atoms with E-state index in [1.165, 1.54) is 22.0 Å². The molecule has 0 fully saturated rings. The van der Waals surface area contributed by atoms with Crippen molar-refractivity contribution in [3.8, 4) is 0 Å². The van der Waals surface area contributed by atoms with Gasteiger partial charge in [0.15, 0.2) is 0 Å². The summed E-state index contributed by atoms with van der Waals surface area (Å²) >= 11 is 1.36. The number of thiophene rings is 1. The summed E-state index contributed by atoms with van der Waals surface area (Å²) in [6.45, 7) is 2.38. The molecule has 0 saturated heterocycles. The van der Waals surface area contributed by atoms with Gasteiger partial charge in [0.1, 0.15) is 5.56 Å². The topological polar surface area (TPSA) is 80.2 Å². The minimum Gasteiger partial charge on any atom is -0.322 e. The summed E-state index contributed by atoms with van der Waals surface area (Å²) in [5.41, 5.74) is 2.95. The summed E-state index contributed by atoms with van der Waals surface area (Å²) in [5.74, 6) is -0.667. The van der Waals surface area contributed by atoms with Crippen LogP contribution in [0, 0.1) is 6.92 Å². The number of pyridine rings is 1. The number of rotatable bonds is 6. The summed E-state index contributed by atoms with van der Waals surface area (Å²) < 4.78 is 1.52. The predicted molar refractivity (Wildman–Crippen MR) is 128 cm³/mol. The molecule has 2 amide bonds. The van der Waals surface area contributed by atoms with E-state index >= 15 is 0 Å². The molecule has 0 aliphatic rings. The van der Waals surface area contributed by atoms with Crippen LogP contribution in [-0.2, 0) is 6.54 Å². The SMILES string of the molecule is Cc1cccc(Cn2cccc(C(=O)Nc3ccc(NC(=O)c4cccs4)cc3)c2=O)c1. The van der Waals surface area contributed by atoms with Gasteiger partial charge in [0.05, 0.1) is 11.4 Å². The molecule has 2 aromatic heterocycles. The molecular weight excluding hydrogens is 422 g/mol. The number of amides is 2. The van der Waals surface area contributed by atoms with Gasteiger partial charge in [0.25, 0.3) is 17.4 Å². The lowest BCUT2D eigenvalue weighted by atomic mass is 10.1. The summed E-state index contributed by atoms with van der Waals surface area (Å²) in [4.78, 5) is 38.3. The van der Waals surface area contributed by atoms with E-state index in [2.05, 4.69) is 10.6 Å². The normalized spacial score (nSPS) is 10.5. The number of anilines is 2. The highest BCUT2D eigenvalue weighted by Gasteiger charge is 2.13. The van der Waals surface area contributed by atoms with Gasteiger partial charge >= 0.3 is 0 Å². The van der Waals surface area contributed by atoms with E-state index in [0.29, 0.717) is 22.8 Å². The molecule has 0 unspecified atom stereocenters.